The quantitative estimate of drug-likeness (QED) is 0.682. The van der Waals surface area contributed by atoms with Crippen LogP contribution in [0.15, 0.2) is 42.6 Å². The van der Waals surface area contributed by atoms with E-state index < -0.39 is 0 Å². The number of hydrogen-bond donors (Lipinski definition) is 1. The van der Waals surface area contributed by atoms with Crippen molar-refractivity contribution in [3.05, 3.63) is 48.2 Å². The molecule has 90 valence electrons. The average molecular weight is 227 g/mol. The van der Waals surface area contributed by atoms with Crippen LogP contribution in [0.4, 0.5) is 0 Å². The van der Waals surface area contributed by atoms with Crippen LogP contribution in [-0.4, -0.2) is 4.98 Å². The number of aromatic amines is 1. The van der Waals surface area contributed by atoms with E-state index in [2.05, 4.69) is 54.5 Å². The molecule has 1 aromatic carbocycles. The van der Waals surface area contributed by atoms with E-state index in [1.807, 2.05) is 0 Å². The molecule has 1 heteroatoms. The molecule has 0 saturated carbocycles. The third-order valence-electron chi connectivity index (χ3n) is 3.20. The van der Waals surface area contributed by atoms with Crippen molar-refractivity contribution in [2.45, 2.75) is 39.0 Å². The maximum Gasteiger partial charge on any atom is 0.0486 e. The van der Waals surface area contributed by atoms with E-state index in [9.17, 15) is 0 Å². The first-order chi connectivity index (χ1) is 8.42. The molecule has 0 unspecified atom stereocenters. The lowest BCUT2D eigenvalue weighted by Crippen LogP contribution is -1.88. The van der Waals surface area contributed by atoms with E-state index in [1.54, 1.807) is 0 Å². The largest absolute Gasteiger partial charge is 0.361 e. The van der Waals surface area contributed by atoms with Crippen LogP contribution in [0.25, 0.3) is 11.3 Å². The van der Waals surface area contributed by atoms with Gasteiger partial charge < -0.3 is 4.98 Å². The zero-order chi connectivity index (χ0) is 11.9. The maximum atomic E-state index is 3.36. The molecule has 0 saturated heterocycles. The molecule has 0 aliphatic carbocycles. The Morgan fingerprint density at radius 1 is 0.941 bits per heavy atom. The summed E-state index contributed by atoms with van der Waals surface area (Å²) in [6.45, 7) is 2.26. The Morgan fingerprint density at radius 2 is 1.76 bits per heavy atom. The number of unbranched alkanes of at least 4 members (excludes halogenated alkanes) is 3. The predicted octanol–water partition coefficient (Wildman–Crippen LogP) is 4.80. The molecule has 0 amide bonds. The summed E-state index contributed by atoms with van der Waals surface area (Å²) < 4.78 is 0. The van der Waals surface area contributed by atoms with Crippen molar-refractivity contribution in [3.8, 4) is 11.3 Å². The lowest BCUT2D eigenvalue weighted by Gasteiger charge is -2.04. The first-order valence-electron chi connectivity index (χ1n) is 6.63. The van der Waals surface area contributed by atoms with Gasteiger partial charge in [-0.05, 0) is 30.0 Å². The van der Waals surface area contributed by atoms with Gasteiger partial charge in [0.1, 0.15) is 0 Å². The molecule has 2 rings (SSSR count). The van der Waals surface area contributed by atoms with E-state index in [-0.39, 0.29) is 0 Å². The van der Waals surface area contributed by atoms with Gasteiger partial charge in [0, 0.05) is 11.9 Å². The van der Waals surface area contributed by atoms with Crippen LogP contribution < -0.4 is 0 Å². The number of rotatable bonds is 6. The zero-order valence-electron chi connectivity index (χ0n) is 10.6. The summed E-state index contributed by atoms with van der Waals surface area (Å²) in [6.07, 6.45) is 8.54. The van der Waals surface area contributed by atoms with Gasteiger partial charge in [-0.1, -0.05) is 56.5 Å². The number of H-pyrrole nitrogens is 1. The topological polar surface area (TPSA) is 15.8 Å². The molecule has 1 aromatic heterocycles. The second kappa shape index (κ2) is 6.29. The summed E-state index contributed by atoms with van der Waals surface area (Å²) in [5.74, 6) is 0. The Kier molecular flexibility index (Phi) is 4.43. The maximum absolute atomic E-state index is 3.36. The van der Waals surface area contributed by atoms with Crippen LogP contribution in [0.5, 0.6) is 0 Å². The molecule has 1 N–H and O–H groups in total. The number of benzene rings is 1. The highest BCUT2D eigenvalue weighted by Crippen LogP contribution is 2.23. The molecule has 0 fully saturated rings. The van der Waals surface area contributed by atoms with Crippen molar-refractivity contribution in [2.75, 3.05) is 0 Å². The molecule has 0 atom stereocenters. The van der Waals surface area contributed by atoms with Crippen LogP contribution in [0, 0.1) is 0 Å². The van der Waals surface area contributed by atoms with Gasteiger partial charge in [-0.2, -0.15) is 0 Å². The summed E-state index contributed by atoms with van der Waals surface area (Å²) in [5, 5.41) is 0. The molecule has 17 heavy (non-hydrogen) atoms. The van der Waals surface area contributed by atoms with Crippen LogP contribution in [0.3, 0.4) is 0 Å². The monoisotopic (exact) mass is 227 g/mol. The van der Waals surface area contributed by atoms with Crippen LogP contribution in [0.2, 0.25) is 0 Å². The van der Waals surface area contributed by atoms with Gasteiger partial charge in [-0.3, -0.25) is 0 Å². The Hall–Kier alpha value is -1.50. The van der Waals surface area contributed by atoms with Crippen molar-refractivity contribution >= 4 is 0 Å². The van der Waals surface area contributed by atoms with Crippen molar-refractivity contribution < 1.29 is 0 Å². The minimum Gasteiger partial charge on any atom is -0.361 e. The summed E-state index contributed by atoms with van der Waals surface area (Å²) in [5.41, 5.74) is 4.04. The molecule has 0 aliphatic heterocycles. The summed E-state index contributed by atoms with van der Waals surface area (Å²) in [6, 6.07) is 12.8. The van der Waals surface area contributed by atoms with Gasteiger partial charge in [0.2, 0.25) is 0 Å². The second-order valence-corrected chi connectivity index (χ2v) is 4.55. The van der Waals surface area contributed by atoms with E-state index in [0.29, 0.717) is 0 Å². The molecular formula is C16H21N. The number of hydrogen-bond acceptors (Lipinski definition) is 0. The lowest BCUT2D eigenvalue weighted by atomic mass is 10.0. The van der Waals surface area contributed by atoms with E-state index in [1.165, 1.54) is 48.9 Å². The third kappa shape index (κ3) is 3.23. The van der Waals surface area contributed by atoms with E-state index in [4.69, 9.17) is 0 Å². The first-order valence-corrected chi connectivity index (χ1v) is 6.63. The molecule has 2 aromatic rings. The Labute approximate surface area is 104 Å². The van der Waals surface area contributed by atoms with E-state index in [0.717, 1.165) is 0 Å². The van der Waals surface area contributed by atoms with Gasteiger partial charge in [0.05, 0.1) is 0 Å². The van der Waals surface area contributed by atoms with E-state index >= 15 is 0 Å². The Morgan fingerprint density at radius 3 is 2.53 bits per heavy atom. The fourth-order valence-corrected chi connectivity index (χ4v) is 2.23. The molecule has 0 bridgehead atoms. The van der Waals surface area contributed by atoms with Crippen molar-refractivity contribution in [1.29, 1.82) is 0 Å². The Balaban J connectivity index is 2.02. The van der Waals surface area contributed by atoms with Gasteiger partial charge >= 0.3 is 0 Å². The highest BCUT2D eigenvalue weighted by molar-refractivity contribution is 5.63. The SMILES string of the molecule is CCCCCCc1cc[nH]c1-c1ccccc1. The van der Waals surface area contributed by atoms with Gasteiger partial charge in [0.15, 0.2) is 0 Å². The molecule has 0 aliphatic rings. The van der Waals surface area contributed by atoms with Crippen molar-refractivity contribution in [3.63, 3.8) is 0 Å². The predicted molar refractivity (Wildman–Crippen MR) is 74.1 cm³/mol. The third-order valence-corrected chi connectivity index (χ3v) is 3.20. The highest BCUT2D eigenvalue weighted by atomic mass is 14.7. The van der Waals surface area contributed by atoms with Gasteiger partial charge in [-0.15, -0.1) is 0 Å². The lowest BCUT2D eigenvalue weighted by molar-refractivity contribution is 0.667. The Bertz CT molecular complexity index is 428. The standard InChI is InChI=1S/C16H21N/c1-2-3-4-6-11-15-12-13-17-16(15)14-9-7-5-8-10-14/h5,7-10,12-13,17H,2-4,6,11H2,1H3. The van der Waals surface area contributed by atoms with Gasteiger partial charge in [0.25, 0.3) is 0 Å². The first kappa shape index (κ1) is 12.0. The number of nitrogens with one attached hydrogen (secondary N) is 1. The smallest absolute Gasteiger partial charge is 0.0486 e. The molecule has 0 radical (unpaired) electrons. The number of aryl methyl sites for hydroxylation is 1. The molecular weight excluding hydrogens is 206 g/mol. The molecule has 1 nitrogen and oxygen atoms in total. The van der Waals surface area contributed by atoms with Crippen LogP contribution in [-0.2, 0) is 6.42 Å². The minimum absolute atomic E-state index is 1.19. The second-order valence-electron chi connectivity index (χ2n) is 4.55. The highest BCUT2D eigenvalue weighted by Gasteiger charge is 2.05. The molecule has 0 spiro atoms. The minimum atomic E-state index is 1.19. The number of aromatic nitrogens is 1. The summed E-state index contributed by atoms with van der Waals surface area (Å²) >= 11 is 0. The fourth-order valence-electron chi connectivity index (χ4n) is 2.23. The van der Waals surface area contributed by atoms with Crippen LogP contribution in [0.1, 0.15) is 38.2 Å². The summed E-state index contributed by atoms with van der Waals surface area (Å²) in [4.78, 5) is 3.36. The van der Waals surface area contributed by atoms with Crippen molar-refractivity contribution in [1.82, 2.24) is 4.98 Å². The van der Waals surface area contributed by atoms with Crippen molar-refractivity contribution in [2.24, 2.45) is 0 Å². The van der Waals surface area contributed by atoms with Crippen LogP contribution >= 0.6 is 0 Å². The summed E-state index contributed by atoms with van der Waals surface area (Å²) in [7, 11) is 0. The van der Waals surface area contributed by atoms with Gasteiger partial charge in [-0.25, -0.2) is 0 Å². The zero-order valence-corrected chi connectivity index (χ0v) is 10.6. The molecule has 1 heterocycles. The average Bonchev–Trinajstić information content (AvgIpc) is 2.84. The fraction of sp³-hybridized carbons (Fsp3) is 0.375. The normalized spacial score (nSPS) is 10.6.